The van der Waals surface area contributed by atoms with Gasteiger partial charge in [0.25, 0.3) is 5.78 Å². The first-order valence-corrected chi connectivity index (χ1v) is 8.54. The molecule has 0 heterocycles. The summed E-state index contributed by atoms with van der Waals surface area (Å²) in [6, 6.07) is 18.4. The van der Waals surface area contributed by atoms with E-state index < -0.39 is 11.8 Å². The summed E-state index contributed by atoms with van der Waals surface area (Å²) in [5.74, 6) is -1.65. The number of benzene rings is 2. The van der Waals surface area contributed by atoms with Crippen LogP contribution in [0.1, 0.15) is 12.5 Å². The summed E-state index contributed by atoms with van der Waals surface area (Å²) in [6.07, 6.45) is 2.54. The summed E-state index contributed by atoms with van der Waals surface area (Å²) in [5, 5.41) is 10.6. The zero-order valence-electron chi connectivity index (χ0n) is 13.7. The van der Waals surface area contributed by atoms with E-state index >= 15 is 0 Å². The summed E-state index contributed by atoms with van der Waals surface area (Å²) in [5.41, 5.74) is 0.620. The number of thioether (sulfide) groups is 1. The predicted molar refractivity (Wildman–Crippen MR) is 99.1 cm³/mol. The first-order valence-electron chi connectivity index (χ1n) is 7.72. The van der Waals surface area contributed by atoms with Crippen molar-refractivity contribution >= 4 is 29.3 Å². The van der Waals surface area contributed by atoms with Crippen molar-refractivity contribution in [1.82, 2.24) is 0 Å². The molecule has 0 aromatic heterocycles. The third-order valence-electron chi connectivity index (χ3n) is 3.11. The van der Waals surface area contributed by atoms with Gasteiger partial charge in [-0.15, -0.1) is 0 Å². The maximum absolute atomic E-state index is 11.8. The van der Waals surface area contributed by atoms with Crippen LogP contribution in [0.4, 0.5) is 0 Å². The van der Waals surface area contributed by atoms with Crippen LogP contribution in [0.5, 0.6) is 0 Å². The van der Waals surface area contributed by atoms with E-state index in [1.54, 1.807) is 19.1 Å². The molecule has 0 atom stereocenters. The second-order valence-corrected chi connectivity index (χ2v) is 6.03. The van der Waals surface area contributed by atoms with Crippen molar-refractivity contribution in [3.63, 3.8) is 0 Å². The van der Waals surface area contributed by atoms with Crippen molar-refractivity contribution in [2.75, 3.05) is 6.61 Å². The molecule has 0 saturated carbocycles. The first-order chi connectivity index (χ1) is 12.1. The Kier molecular flexibility index (Phi) is 7.04. The highest BCUT2D eigenvalue weighted by molar-refractivity contribution is 8.03. The molecule has 0 radical (unpaired) electrons. The number of esters is 1. The van der Waals surface area contributed by atoms with Gasteiger partial charge in [-0.25, -0.2) is 4.79 Å². The van der Waals surface area contributed by atoms with E-state index in [9.17, 15) is 14.7 Å². The second-order valence-electron chi connectivity index (χ2n) is 4.91. The van der Waals surface area contributed by atoms with Crippen molar-refractivity contribution in [3.8, 4) is 0 Å². The molecule has 0 aliphatic carbocycles. The van der Waals surface area contributed by atoms with E-state index in [0.717, 1.165) is 11.0 Å². The molecule has 2 rings (SSSR count). The number of ketones is 1. The smallest absolute Gasteiger partial charge is 0.379 e. The van der Waals surface area contributed by atoms with E-state index in [1.165, 1.54) is 17.8 Å². The lowest BCUT2D eigenvalue weighted by molar-refractivity contribution is -0.151. The minimum atomic E-state index is -0.915. The average molecular weight is 354 g/mol. The standard InChI is InChI=1S/C20H18O4S/c1-2-24-20(23)17(21)13-14-18(25-16-11-7-4-8-12-16)19(22)15-9-5-3-6-10-15/h3-14,22H,2H2,1H3/b14-13+,19-18-. The van der Waals surface area contributed by atoms with Gasteiger partial charge in [-0.2, -0.15) is 0 Å². The van der Waals surface area contributed by atoms with Crippen LogP contribution in [-0.2, 0) is 14.3 Å². The van der Waals surface area contributed by atoms with Crippen molar-refractivity contribution in [1.29, 1.82) is 0 Å². The van der Waals surface area contributed by atoms with Crippen LogP contribution in [0.25, 0.3) is 5.76 Å². The average Bonchev–Trinajstić information content (AvgIpc) is 2.66. The SMILES string of the molecule is CCOC(=O)C(=O)/C=C/C(Sc1ccccc1)=C(/O)c1ccccc1. The maximum Gasteiger partial charge on any atom is 0.379 e. The summed E-state index contributed by atoms with van der Waals surface area (Å²) in [6.45, 7) is 1.77. The molecule has 0 unspecified atom stereocenters. The minimum absolute atomic E-state index is 0.0300. The van der Waals surface area contributed by atoms with Crippen molar-refractivity contribution in [3.05, 3.63) is 83.3 Å². The molecule has 2 aromatic rings. The topological polar surface area (TPSA) is 63.6 Å². The summed E-state index contributed by atoms with van der Waals surface area (Å²) >= 11 is 1.30. The van der Waals surface area contributed by atoms with Crippen molar-refractivity contribution in [2.24, 2.45) is 0 Å². The molecular formula is C20H18O4S. The Morgan fingerprint density at radius 2 is 1.60 bits per heavy atom. The quantitative estimate of drug-likeness (QED) is 0.199. The van der Waals surface area contributed by atoms with Crippen LogP contribution >= 0.6 is 11.8 Å². The molecule has 0 saturated heterocycles. The zero-order valence-corrected chi connectivity index (χ0v) is 14.5. The van der Waals surface area contributed by atoms with E-state index in [0.29, 0.717) is 10.5 Å². The van der Waals surface area contributed by atoms with Gasteiger partial charge in [0.2, 0.25) is 0 Å². The number of allylic oxidation sites excluding steroid dienone is 1. The highest BCUT2D eigenvalue weighted by Crippen LogP contribution is 2.32. The summed E-state index contributed by atoms with van der Waals surface area (Å²) in [4.78, 5) is 24.6. The van der Waals surface area contributed by atoms with Gasteiger partial charge in [-0.3, -0.25) is 4.79 Å². The van der Waals surface area contributed by atoms with Crippen molar-refractivity contribution < 1.29 is 19.4 Å². The number of hydrogen-bond acceptors (Lipinski definition) is 5. The molecule has 2 aromatic carbocycles. The van der Waals surface area contributed by atoms with Crippen LogP contribution in [-0.4, -0.2) is 23.5 Å². The highest BCUT2D eigenvalue weighted by Gasteiger charge is 2.13. The fraction of sp³-hybridized carbons (Fsp3) is 0.100. The molecular weight excluding hydrogens is 336 g/mol. The molecule has 0 spiro atoms. The van der Waals surface area contributed by atoms with Crippen LogP contribution in [0, 0.1) is 0 Å². The molecule has 5 heteroatoms. The Balaban J connectivity index is 2.32. The molecule has 1 N–H and O–H groups in total. The Morgan fingerprint density at radius 3 is 2.20 bits per heavy atom. The lowest BCUT2D eigenvalue weighted by atomic mass is 10.2. The summed E-state index contributed by atoms with van der Waals surface area (Å²) < 4.78 is 4.67. The normalized spacial score (nSPS) is 11.9. The van der Waals surface area contributed by atoms with Crippen LogP contribution < -0.4 is 0 Å². The summed E-state index contributed by atoms with van der Waals surface area (Å²) in [7, 11) is 0. The lowest BCUT2D eigenvalue weighted by Gasteiger charge is -2.07. The van der Waals surface area contributed by atoms with Gasteiger partial charge in [-0.1, -0.05) is 60.3 Å². The molecule has 0 aliphatic heterocycles. The molecule has 128 valence electrons. The van der Waals surface area contributed by atoms with E-state index in [4.69, 9.17) is 0 Å². The van der Waals surface area contributed by atoms with Crippen LogP contribution in [0.15, 0.2) is 82.6 Å². The van der Waals surface area contributed by atoms with Gasteiger partial charge >= 0.3 is 5.97 Å². The first kappa shape index (κ1) is 18.5. The Bertz CT molecular complexity index is 780. The van der Waals surface area contributed by atoms with Gasteiger partial charge in [0.05, 0.1) is 11.5 Å². The number of aliphatic hydroxyl groups excluding tert-OH is 1. The van der Waals surface area contributed by atoms with Crippen LogP contribution in [0.3, 0.4) is 0 Å². The second kappa shape index (κ2) is 9.49. The van der Waals surface area contributed by atoms with Gasteiger partial charge in [0, 0.05) is 10.5 Å². The Hall–Kier alpha value is -2.79. The largest absolute Gasteiger partial charge is 0.506 e. The third-order valence-corrected chi connectivity index (χ3v) is 4.17. The Labute approximate surface area is 150 Å². The van der Waals surface area contributed by atoms with Gasteiger partial charge in [0.15, 0.2) is 0 Å². The molecule has 25 heavy (non-hydrogen) atoms. The molecule has 0 amide bonds. The Morgan fingerprint density at radius 1 is 1.00 bits per heavy atom. The van der Waals surface area contributed by atoms with Crippen molar-refractivity contribution in [2.45, 2.75) is 11.8 Å². The molecule has 0 fully saturated rings. The van der Waals surface area contributed by atoms with Gasteiger partial charge in [-0.05, 0) is 31.2 Å². The minimum Gasteiger partial charge on any atom is -0.506 e. The number of carbonyl (C=O) groups is 2. The highest BCUT2D eigenvalue weighted by atomic mass is 32.2. The number of carbonyl (C=O) groups excluding carboxylic acids is 2. The third kappa shape index (κ3) is 5.65. The van der Waals surface area contributed by atoms with E-state index in [2.05, 4.69) is 4.74 Å². The number of aliphatic hydroxyl groups is 1. The van der Waals surface area contributed by atoms with Gasteiger partial charge in [0.1, 0.15) is 5.76 Å². The number of rotatable bonds is 7. The number of ether oxygens (including phenoxy) is 1. The fourth-order valence-corrected chi connectivity index (χ4v) is 2.83. The van der Waals surface area contributed by atoms with Crippen LogP contribution in [0.2, 0.25) is 0 Å². The predicted octanol–water partition coefficient (Wildman–Crippen LogP) is 4.39. The fourth-order valence-electron chi connectivity index (χ4n) is 1.94. The van der Waals surface area contributed by atoms with Gasteiger partial charge < -0.3 is 9.84 Å². The zero-order chi connectivity index (χ0) is 18.1. The molecule has 4 nitrogen and oxygen atoms in total. The van der Waals surface area contributed by atoms with E-state index in [-0.39, 0.29) is 12.4 Å². The van der Waals surface area contributed by atoms with E-state index in [1.807, 2.05) is 48.5 Å². The number of hydrogen-bond donors (Lipinski definition) is 1. The molecule has 0 aliphatic rings. The lowest BCUT2D eigenvalue weighted by Crippen LogP contribution is -2.14. The monoisotopic (exact) mass is 354 g/mol. The molecule has 0 bridgehead atoms. The maximum atomic E-state index is 11.8.